The second kappa shape index (κ2) is 7.06. The summed E-state index contributed by atoms with van der Waals surface area (Å²) >= 11 is 0. The lowest BCUT2D eigenvalue weighted by Crippen LogP contribution is -2.36. The van der Waals surface area contributed by atoms with Gasteiger partial charge in [-0.2, -0.15) is 10.2 Å². The highest BCUT2D eigenvalue weighted by molar-refractivity contribution is 6.04. The van der Waals surface area contributed by atoms with E-state index in [9.17, 15) is 4.39 Å². The van der Waals surface area contributed by atoms with Crippen LogP contribution in [0.2, 0.25) is 0 Å². The third-order valence-corrected chi connectivity index (χ3v) is 5.64. The van der Waals surface area contributed by atoms with Crippen LogP contribution >= 0.6 is 0 Å². The van der Waals surface area contributed by atoms with E-state index < -0.39 is 0 Å². The fourth-order valence-electron chi connectivity index (χ4n) is 3.86. The lowest BCUT2D eigenvalue weighted by atomic mass is 9.63. The van der Waals surface area contributed by atoms with E-state index in [1.54, 1.807) is 12.3 Å². The predicted molar refractivity (Wildman–Crippen MR) is 101 cm³/mol. The number of allylic oxidation sites excluding steroid dienone is 1. The van der Waals surface area contributed by atoms with Gasteiger partial charge in [0.1, 0.15) is 5.82 Å². The molecule has 1 aliphatic carbocycles. The first-order valence-corrected chi connectivity index (χ1v) is 9.38. The second-order valence-corrected chi connectivity index (χ2v) is 7.21. The molecule has 0 aromatic carbocycles. The van der Waals surface area contributed by atoms with Crippen molar-refractivity contribution >= 4 is 11.3 Å². The summed E-state index contributed by atoms with van der Waals surface area (Å²) in [6.45, 7) is 2.80. The molecule has 4 nitrogen and oxygen atoms in total. The van der Waals surface area contributed by atoms with Crippen molar-refractivity contribution < 1.29 is 4.39 Å². The normalized spacial score (nSPS) is 18.2. The molecule has 0 saturated heterocycles. The number of rotatable bonds is 6. The molecule has 2 aromatic rings. The zero-order valence-corrected chi connectivity index (χ0v) is 15.1. The van der Waals surface area contributed by atoms with Gasteiger partial charge in [-0.25, -0.2) is 4.39 Å². The molecule has 2 aliphatic rings. The van der Waals surface area contributed by atoms with E-state index in [1.807, 2.05) is 12.1 Å². The number of pyridine rings is 1. The van der Waals surface area contributed by atoms with Gasteiger partial charge >= 0.3 is 0 Å². The summed E-state index contributed by atoms with van der Waals surface area (Å²) in [7, 11) is 0. The smallest absolute Gasteiger partial charge is 0.145 e. The van der Waals surface area contributed by atoms with E-state index in [0.717, 1.165) is 61.2 Å². The maximum Gasteiger partial charge on any atom is 0.145 e. The van der Waals surface area contributed by atoms with Crippen LogP contribution in [0, 0.1) is 5.82 Å². The van der Waals surface area contributed by atoms with Crippen molar-refractivity contribution in [3.8, 4) is 0 Å². The molecule has 0 atom stereocenters. The van der Waals surface area contributed by atoms with Crippen LogP contribution < -0.4 is 0 Å². The van der Waals surface area contributed by atoms with Crippen molar-refractivity contribution in [2.75, 3.05) is 6.54 Å². The van der Waals surface area contributed by atoms with E-state index in [2.05, 4.69) is 33.2 Å². The highest BCUT2D eigenvalue weighted by atomic mass is 19.1. The molecule has 1 saturated carbocycles. The fraction of sp³-hybridized carbons (Fsp3) is 0.429. The quantitative estimate of drug-likeness (QED) is 0.780. The average Bonchev–Trinajstić information content (AvgIpc) is 3.12. The van der Waals surface area contributed by atoms with Crippen molar-refractivity contribution in [2.24, 2.45) is 4.99 Å². The summed E-state index contributed by atoms with van der Waals surface area (Å²) in [5.74, 6) is -0.187. The third kappa shape index (κ3) is 3.18. The SMILES string of the molecule is CCC1=NCC(c2ccc(CCC3(c4ncccc4F)CCC3)nn2)=C1. The lowest BCUT2D eigenvalue weighted by molar-refractivity contribution is 0.210. The number of aliphatic imine (C=N–C) groups is 1. The minimum absolute atomic E-state index is 0.135. The molecule has 26 heavy (non-hydrogen) atoms. The Balaban J connectivity index is 1.44. The first kappa shape index (κ1) is 17.0. The van der Waals surface area contributed by atoms with Gasteiger partial charge in [-0.3, -0.25) is 9.98 Å². The van der Waals surface area contributed by atoms with Crippen LogP contribution in [0.3, 0.4) is 0 Å². The van der Waals surface area contributed by atoms with Gasteiger partial charge in [0.15, 0.2) is 0 Å². The molecule has 0 N–H and O–H groups in total. The van der Waals surface area contributed by atoms with Gasteiger partial charge < -0.3 is 0 Å². The zero-order chi connectivity index (χ0) is 18.0. The van der Waals surface area contributed by atoms with Crippen LogP contribution in [0.15, 0.2) is 41.5 Å². The Kier molecular flexibility index (Phi) is 4.62. The molecule has 2 aromatic heterocycles. The van der Waals surface area contributed by atoms with Crippen molar-refractivity contribution in [1.29, 1.82) is 0 Å². The lowest BCUT2D eigenvalue weighted by Gasteiger charge is -2.41. The van der Waals surface area contributed by atoms with Gasteiger partial charge in [-0.1, -0.05) is 13.3 Å². The second-order valence-electron chi connectivity index (χ2n) is 7.21. The Bertz CT molecular complexity index is 851. The maximum atomic E-state index is 14.2. The van der Waals surface area contributed by atoms with E-state index in [0.29, 0.717) is 12.2 Å². The van der Waals surface area contributed by atoms with Gasteiger partial charge in [0.05, 0.1) is 23.6 Å². The van der Waals surface area contributed by atoms with Gasteiger partial charge in [-0.05, 0) is 62.4 Å². The molecule has 1 aliphatic heterocycles. The highest BCUT2D eigenvalue weighted by Crippen LogP contribution is 2.47. The topological polar surface area (TPSA) is 51.0 Å². The molecular weight excluding hydrogens is 327 g/mol. The first-order valence-electron chi connectivity index (χ1n) is 9.38. The number of aryl methyl sites for hydroxylation is 1. The summed E-state index contributed by atoms with van der Waals surface area (Å²) in [4.78, 5) is 8.81. The molecule has 3 heterocycles. The minimum atomic E-state index is -0.187. The standard InChI is InChI=1S/C21H23FN4/c1-2-16-13-15(14-24-16)19-7-6-17(25-26-19)8-11-21(9-4-10-21)20-18(22)5-3-12-23-20/h3,5-7,12-13H,2,4,8-11,14H2,1H3. The third-order valence-electron chi connectivity index (χ3n) is 5.64. The highest BCUT2D eigenvalue weighted by Gasteiger charge is 2.41. The number of aromatic nitrogens is 3. The molecule has 0 amide bonds. The maximum absolute atomic E-state index is 14.2. The summed E-state index contributed by atoms with van der Waals surface area (Å²) < 4.78 is 14.2. The summed E-state index contributed by atoms with van der Waals surface area (Å²) in [5, 5.41) is 8.78. The van der Waals surface area contributed by atoms with E-state index in [-0.39, 0.29) is 11.2 Å². The fourth-order valence-corrected chi connectivity index (χ4v) is 3.86. The first-order chi connectivity index (χ1) is 12.7. The molecule has 0 unspecified atom stereocenters. The number of hydrogen-bond acceptors (Lipinski definition) is 4. The van der Waals surface area contributed by atoms with Crippen molar-refractivity contribution in [3.63, 3.8) is 0 Å². The van der Waals surface area contributed by atoms with Gasteiger partial charge in [0.2, 0.25) is 0 Å². The summed E-state index contributed by atoms with van der Waals surface area (Å²) in [5.41, 5.74) is 4.59. The number of hydrogen-bond donors (Lipinski definition) is 0. The van der Waals surface area contributed by atoms with Crippen molar-refractivity contribution in [3.05, 3.63) is 59.4 Å². The summed E-state index contributed by atoms with van der Waals surface area (Å²) in [6, 6.07) is 7.23. The molecule has 5 heteroatoms. The molecule has 0 radical (unpaired) electrons. The number of halogens is 1. The number of nitrogens with zero attached hydrogens (tertiary/aromatic N) is 4. The van der Waals surface area contributed by atoms with Crippen LogP contribution in [-0.2, 0) is 11.8 Å². The largest absolute Gasteiger partial charge is 0.285 e. The van der Waals surface area contributed by atoms with E-state index >= 15 is 0 Å². The summed E-state index contributed by atoms with van der Waals surface area (Å²) in [6.07, 6.45) is 9.52. The van der Waals surface area contributed by atoms with Gasteiger partial charge in [0, 0.05) is 22.9 Å². The average molecular weight is 350 g/mol. The molecule has 0 spiro atoms. The minimum Gasteiger partial charge on any atom is -0.285 e. The Labute approximate surface area is 153 Å². The van der Waals surface area contributed by atoms with Crippen LogP contribution in [0.25, 0.3) is 5.57 Å². The van der Waals surface area contributed by atoms with Crippen molar-refractivity contribution in [2.45, 2.75) is 50.9 Å². The Morgan fingerprint density at radius 1 is 1.15 bits per heavy atom. The van der Waals surface area contributed by atoms with Crippen LogP contribution in [0.4, 0.5) is 4.39 Å². The molecule has 134 valence electrons. The van der Waals surface area contributed by atoms with Gasteiger partial charge in [-0.15, -0.1) is 0 Å². The Hall–Kier alpha value is -2.43. The van der Waals surface area contributed by atoms with Crippen LogP contribution in [0.5, 0.6) is 0 Å². The molecule has 1 fully saturated rings. The predicted octanol–water partition coefficient (Wildman–Crippen LogP) is 4.31. The van der Waals surface area contributed by atoms with Crippen LogP contribution in [0.1, 0.15) is 56.1 Å². The monoisotopic (exact) mass is 350 g/mol. The molecule has 0 bridgehead atoms. The van der Waals surface area contributed by atoms with Crippen molar-refractivity contribution in [1.82, 2.24) is 15.2 Å². The Morgan fingerprint density at radius 3 is 2.65 bits per heavy atom. The van der Waals surface area contributed by atoms with Crippen LogP contribution in [-0.4, -0.2) is 27.4 Å². The van der Waals surface area contributed by atoms with E-state index in [4.69, 9.17) is 0 Å². The molecular formula is C21H23FN4. The zero-order valence-electron chi connectivity index (χ0n) is 15.1. The Morgan fingerprint density at radius 2 is 2.04 bits per heavy atom. The van der Waals surface area contributed by atoms with Gasteiger partial charge in [0.25, 0.3) is 0 Å². The molecule has 4 rings (SSSR count). The van der Waals surface area contributed by atoms with E-state index in [1.165, 1.54) is 6.07 Å².